The molecule has 0 aromatic carbocycles. The Balaban J connectivity index is 1.81. The van der Waals surface area contributed by atoms with E-state index in [1.54, 1.807) is 19.3 Å². The maximum atomic E-state index is 12.7. The van der Waals surface area contributed by atoms with Crippen molar-refractivity contribution < 1.29 is 4.79 Å². The maximum Gasteiger partial charge on any atom is 0.258 e. The number of hydrogen-bond donors (Lipinski definition) is 1. The van der Waals surface area contributed by atoms with Gasteiger partial charge in [0.15, 0.2) is 0 Å². The van der Waals surface area contributed by atoms with Gasteiger partial charge in [0.2, 0.25) is 5.91 Å². The Morgan fingerprint density at radius 1 is 1.33 bits per heavy atom. The standard InChI is InChI=1S/C19H19N5O2S/c1-4-16(25)24-15(12-8-20-11(3)21-9-12)7-14(23-24)17-10(2)13-5-6-27-19(13)22-18(17)26/h5-6,8-9,15H,4,7H2,1-3H3,(H,22,26). The number of hydrogen-bond acceptors (Lipinski definition) is 6. The van der Waals surface area contributed by atoms with Gasteiger partial charge in [0.1, 0.15) is 10.7 Å². The molecular formula is C19H19N5O2S. The molecule has 1 amide bonds. The molecule has 4 rings (SSSR count). The summed E-state index contributed by atoms with van der Waals surface area (Å²) in [5, 5.41) is 8.98. The minimum atomic E-state index is -0.301. The monoisotopic (exact) mass is 381 g/mol. The number of aryl methyl sites for hydroxylation is 2. The first kappa shape index (κ1) is 17.5. The van der Waals surface area contributed by atoms with E-state index >= 15 is 0 Å². The van der Waals surface area contributed by atoms with Crippen LogP contribution in [0.4, 0.5) is 0 Å². The second kappa shape index (κ2) is 6.70. The zero-order valence-corrected chi connectivity index (χ0v) is 16.1. The number of pyridine rings is 1. The molecule has 0 bridgehead atoms. The van der Waals surface area contributed by atoms with Gasteiger partial charge >= 0.3 is 0 Å². The summed E-state index contributed by atoms with van der Waals surface area (Å²) in [6.07, 6.45) is 4.23. The number of H-pyrrole nitrogens is 1. The molecule has 0 radical (unpaired) electrons. The number of amides is 1. The first-order chi connectivity index (χ1) is 13.0. The lowest BCUT2D eigenvalue weighted by Crippen LogP contribution is -2.26. The van der Waals surface area contributed by atoms with Crippen LogP contribution in [-0.4, -0.2) is 31.6 Å². The summed E-state index contributed by atoms with van der Waals surface area (Å²) in [5.41, 5.74) is 2.69. The molecule has 1 N–H and O–H groups in total. The van der Waals surface area contributed by atoms with Crippen LogP contribution in [0.1, 0.15) is 48.3 Å². The van der Waals surface area contributed by atoms with Gasteiger partial charge in [-0.05, 0) is 30.9 Å². The minimum absolute atomic E-state index is 0.0960. The van der Waals surface area contributed by atoms with E-state index in [0.717, 1.165) is 21.3 Å². The Labute approximate surface area is 159 Å². The van der Waals surface area contributed by atoms with Crippen LogP contribution in [0.25, 0.3) is 10.2 Å². The van der Waals surface area contributed by atoms with Gasteiger partial charge in [-0.25, -0.2) is 15.0 Å². The molecule has 8 heteroatoms. The highest BCUT2D eigenvalue weighted by Gasteiger charge is 2.34. The quantitative estimate of drug-likeness (QED) is 0.755. The van der Waals surface area contributed by atoms with Crippen LogP contribution in [-0.2, 0) is 4.79 Å². The molecule has 1 aliphatic rings. The Bertz CT molecular complexity index is 1110. The molecule has 4 heterocycles. The summed E-state index contributed by atoms with van der Waals surface area (Å²) in [6.45, 7) is 5.54. The van der Waals surface area contributed by atoms with Crippen molar-refractivity contribution in [1.82, 2.24) is 20.0 Å². The number of aromatic nitrogens is 3. The zero-order chi connectivity index (χ0) is 19.1. The summed E-state index contributed by atoms with van der Waals surface area (Å²) in [7, 11) is 0. The van der Waals surface area contributed by atoms with Crippen molar-refractivity contribution in [3.8, 4) is 0 Å². The van der Waals surface area contributed by atoms with Gasteiger partial charge in [0.25, 0.3) is 5.56 Å². The molecule has 7 nitrogen and oxygen atoms in total. The number of nitrogens with one attached hydrogen (secondary N) is 1. The first-order valence-electron chi connectivity index (χ1n) is 8.78. The van der Waals surface area contributed by atoms with Gasteiger partial charge in [-0.3, -0.25) is 9.59 Å². The van der Waals surface area contributed by atoms with Crippen LogP contribution in [0.5, 0.6) is 0 Å². The fraction of sp³-hybridized carbons (Fsp3) is 0.316. The number of carbonyl (C=O) groups excluding carboxylic acids is 1. The highest BCUT2D eigenvalue weighted by atomic mass is 32.1. The minimum Gasteiger partial charge on any atom is -0.313 e. The number of thiophene rings is 1. The van der Waals surface area contributed by atoms with Crippen molar-refractivity contribution in [3.63, 3.8) is 0 Å². The Morgan fingerprint density at radius 2 is 2.07 bits per heavy atom. The third-order valence-corrected chi connectivity index (χ3v) is 5.67. The summed E-state index contributed by atoms with van der Waals surface area (Å²) >= 11 is 1.50. The van der Waals surface area contributed by atoms with Gasteiger partial charge in [-0.15, -0.1) is 11.3 Å². The van der Waals surface area contributed by atoms with Crippen LogP contribution in [0.15, 0.2) is 33.7 Å². The SMILES string of the molecule is CCC(=O)N1N=C(c2c(C)c3ccsc3[nH]c2=O)CC1c1cnc(C)nc1. The maximum absolute atomic E-state index is 12.7. The lowest BCUT2D eigenvalue weighted by atomic mass is 9.97. The molecule has 1 aliphatic heterocycles. The molecular weight excluding hydrogens is 362 g/mol. The van der Waals surface area contributed by atoms with Crippen molar-refractivity contribution in [2.45, 2.75) is 39.7 Å². The Hall–Kier alpha value is -2.87. The van der Waals surface area contributed by atoms with E-state index < -0.39 is 0 Å². The third-order valence-electron chi connectivity index (χ3n) is 4.84. The van der Waals surface area contributed by atoms with Crippen LogP contribution in [0.3, 0.4) is 0 Å². The van der Waals surface area contributed by atoms with E-state index in [2.05, 4.69) is 20.1 Å². The second-order valence-electron chi connectivity index (χ2n) is 6.54. The smallest absolute Gasteiger partial charge is 0.258 e. The van der Waals surface area contributed by atoms with Gasteiger partial charge in [0.05, 0.1) is 17.3 Å². The topological polar surface area (TPSA) is 91.3 Å². The predicted octanol–water partition coefficient (Wildman–Crippen LogP) is 3.08. The van der Waals surface area contributed by atoms with Crippen LogP contribution < -0.4 is 5.56 Å². The van der Waals surface area contributed by atoms with Crippen LogP contribution in [0.2, 0.25) is 0 Å². The fourth-order valence-corrected chi connectivity index (χ4v) is 4.25. The fourth-order valence-electron chi connectivity index (χ4n) is 3.41. The number of rotatable bonds is 3. The average Bonchev–Trinajstić information content (AvgIpc) is 3.29. The molecule has 138 valence electrons. The normalized spacial score (nSPS) is 16.8. The van der Waals surface area contributed by atoms with Crippen molar-refractivity contribution >= 4 is 33.2 Å². The number of hydrazone groups is 1. The molecule has 1 atom stereocenters. The average molecular weight is 381 g/mol. The molecule has 0 aliphatic carbocycles. The molecule has 0 saturated carbocycles. The molecule has 27 heavy (non-hydrogen) atoms. The number of nitrogens with zero attached hydrogens (tertiary/aromatic N) is 4. The number of fused-ring (bicyclic) bond motifs is 1. The lowest BCUT2D eigenvalue weighted by Gasteiger charge is -2.20. The summed E-state index contributed by atoms with van der Waals surface area (Å²) in [5.74, 6) is 0.572. The third kappa shape index (κ3) is 2.95. The van der Waals surface area contributed by atoms with Crippen LogP contribution >= 0.6 is 11.3 Å². The highest BCUT2D eigenvalue weighted by molar-refractivity contribution is 7.16. The van der Waals surface area contributed by atoms with E-state index in [1.165, 1.54) is 16.3 Å². The Kier molecular flexibility index (Phi) is 4.35. The van der Waals surface area contributed by atoms with Gasteiger partial charge in [0, 0.05) is 36.2 Å². The van der Waals surface area contributed by atoms with E-state index in [1.807, 2.05) is 25.3 Å². The predicted molar refractivity (Wildman–Crippen MR) is 105 cm³/mol. The summed E-state index contributed by atoms with van der Waals surface area (Å²) < 4.78 is 0. The lowest BCUT2D eigenvalue weighted by molar-refractivity contribution is -0.132. The highest BCUT2D eigenvalue weighted by Crippen LogP contribution is 2.33. The van der Waals surface area contributed by atoms with E-state index in [-0.39, 0.29) is 17.5 Å². The zero-order valence-electron chi connectivity index (χ0n) is 15.3. The van der Waals surface area contributed by atoms with E-state index in [4.69, 9.17) is 0 Å². The molecule has 0 fully saturated rings. The molecule has 0 saturated heterocycles. The van der Waals surface area contributed by atoms with E-state index in [9.17, 15) is 9.59 Å². The second-order valence-corrected chi connectivity index (χ2v) is 7.46. The van der Waals surface area contributed by atoms with Gasteiger partial charge < -0.3 is 4.98 Å². The Morgan fingerprint density at radius 3 is 2.78 bits per heavy atom. The van der Waals surface area contributed by atoms with Crippen LogP contribution in [0, 0.1) is 13.8 Å². The molecule has 3 aromatic heterocycles. The van der Waals surface area contributed by atoms with Crippen molar-refractivity contribution in [2.24, 2.45) is 5.10 Å². The number of aromatic amines is 1. The molecule has 3 aromatic rings. The summed E-state index contributed by atoms with van der Waals surface area (Å²) in [6, 6.07) is 1.69. The van der Waals surface area contributed by atoms with Gasteiger partial charge in [-0.2, -0.15) is 5.10 Å². The van der Waals surface area contributed by atoms with Gasteiger partial charge in [-0.1, -0.05) is 6.92 Å². The van der Waals surface area contributed by atoms with E-state index in [0.29, 0.717) is 29.9 Å². The largest absolute Gasteiger partial charge is 0.313 e. The van der Waals surface area contributed by atoms with Crippen molar-refractivity contribution in [1.29, 1.82) is 0 Å². The van der Waals surface area contributed by atoms with Crippen molar-refractivity contribution in [2.75, 3.05) is 0 Å². The number of carbonyl (C=O) groups is 1. The summed E-state index contributed by atoms with van der Waals surface area (Å²) in [4.78, 5) is 37.5. The first-order valence-corrected chi connectivity index (χ1v) is 9.66. The van der Waals surface area contributed by atoms with Crippen molar-refractivity contribution in [3.05, 3.63) is 56.7 Å². The molecule has 1 unspecified atom stereocenters. The molecule has 0 spiro atoms.